The van der Waals surface area contributed by atoms with Gasteiger partial charge in [-0.1, -0.05) is 18.2 Å². The van der Waals surface area contributed by atoms with Crippen LogP contribution in [-0.2, 0) is 0 Å². The number of hydrogen-bond acceptors (Lipinski definition) is 4. The van der Waals surface area contributed by atoms with Gasteiger partial charge in [0.2, 0.25) is 5.95 Å². The second-order valence-corrected chi connectivity index (χ2v) is 4.80. The molecule has 0 amide bonds. The van der Waals surface area contributed by atoms with Crippen LogP contribution in [0.25, 0.3) is 10.9 Å². The molecule has 0 spiro atoms. The lowest BCUT2D eigenvalue weighted by Crippen LogP contribution is -2.24. The lowest BCUT2D eigenvalue weighted by Gasteiger charge is -2.08. The van der Waals surface area contributed by atoms with E-state index in [1.165, 1.54) is 0 Å². The molecule has 0 bridgehead atoms. The number of nitrogens with one attached hydrogen (secondary N) is 1. The van der Waals surface area contributed by atoms with E-state index in [1.54, 1.807) is 6.20 Å². The second-order valence-electron chi connectivity index (χ2n) is 4.80. The van der Waals surface area contributed by atoms with Crippen LogP contribution in [-0.4, -0.2) is 48.0 Å². The minimum Gasteiger partial charge on any atom is -0.370 e. The maximum Gasteiger partial charge on any atom is 0.230 e. The van der Waals surface area contributed by atoms with Gasteiger partial charge >= 0.3 is 0 Å². The zero-order chi connectivity index (χ0) is 14.4. The first kappa shape index (κ1) is 14.2. The van der Waals surface area contributed by atoms with Gasteiger partial charge in [-0.25, -0.2) is 9.97 Å². The van der Waals surface area contributed by atoms with Crippen molar-refractivity contribution in [3.05, 3.63) is 30.5 Å². The number of hydrogen-bond donors (Lipinski definition) is 2. The van der Waals surface area contributed by atoms with Crippen molar-refractivity contribution in [1.29, 1.82) is 0 Å². The third-order valence-corrected chi connectivity index (χ3v) is 2.77. The van der Waals surface area contributed by atoms with Crippen LogP contribution in [0.3, 0.4) is 0 Å². The van der Waals surface area contributed by atoms with Crippen LogP contribution in [0.5, 0.6) is 0 Å². The van der Waals surface area contributed by atoms with Gasteiger partial charge in [0.1, 0.15) is 0 Å². The molecule has 1 aromatic heterocycles. The predicted octanol–water partition coefficient (Wildman–Crippen LogP) is 1.31. The van der Waals surface area contributed by atoms with Gasteiger partial charge < -0.3 is 10.6 Å². The molecule has 0 unspecified atom stereocenters. The highest BCUT2D eigenvalue weighted by atomic mass is 15.2. The Hall–Kier alpha value is -2.21. The summed E-state index contributed by atoms with van der Waals surface area (Å²) in [5.41, 5.74) is 6.69. The molecule has 0 saturated heterocycles. The number of nitrogens with zero attached hydrogens (tertiary/aromatic N) is 4. The molecule has 0 atom stereocenters. The average Bonchev–Trinajstić information content (AvgIpc) is 2.43. The second kappa shape index (κ2) is 6.81. The Morgan fingerprint density at radius 3 is 2.95 bits per heavy atom. The Labute approximate surface area is 118 Å². The van der Waals surface area contributed by atoms with Crippen molar-refractivity contribution in [2.24, 2.45) is 10.7 Å². The SMILES string of the molecule is CN(C)CCCN=C(N)Nc1ncc2ccccc2n1. The molecule has 0 fully saturated rings. The van der Waals surface area contributed by atoms with Crippen LogP contribution >= 0.6 is 0 Å². The number of guanidine groups is 1. The summed E-state index contributed by atoms with van der Waals surface area (Å²) in [6.07, 6.45) is 2.73. The fourth-order valence-corrected chi connectivity index (χ4v) is 1.77. The van der Waals surface area contributed by atoms with Gasteiger partial charge in [0.15, 0.2) is 5.96 Å². The summed E-state index contributed by atoms with van der Waals surface area (Å²) < 4.78 is 0. The van der Waals surface area contributed by atoms with E-state index in [1.807, 2.05) is 38.4 Å². The van der Waals surface area contributed by atoms with Gasteiger partial charge in [-0.2, -0.15) is 0 Å². The monoisotopic (exact) mass is 272 g/mol. The van der Waals surface area contributed by atoms with Crippen molar-refractivity contribution in [2.45, 2.75) is 6.42 Å². The smallest absolute Gasteiger partial charge is 0.230 e. The minimum atomic E-state index is 0.346. The molecule has 1 aromatic carbocycles. The Bertz CT molecular complexity index is 593. The number of rotatable bonds is 5. The van der Waals surface area contributed by atoms with Crippen LogP contribution in [0.2, 0.25) is 0 Å². The first-order valence-electron chi connectivity index (χ1n) is 6.58. The molecule has 0 aliphatic carbocycles. The number of nitrogens with two attached hydrogens (primary N) is 1. The van der Waals surface area contributed by atoms with Gasteiger partial charge in [-0.15, -0.1) is 0 Å². The molecule has 2 aromatic rings. The molecule has 6 heteroatoms. The van der Waals surface area contributed by atoms with Crippen molar-refractivity contribution in [3.63, 3.8) is 0 Å². The molecule has 1 heterocycles. The molecular weight excluding hydrogens is 252 g/mol. The molecule has 6 nitrogen and oxygen atoms in total. The Balaban J connectivity index is 1.95. The van der Waals surface area contributed by atoms with Gasteiger partial charge in [0.05, 0.1) is 5.52 Å². The van der Waals surface area contributed by atoms with Crippen molar-refractivity contribution >= 4 is 22.8 Å². The Morgan fingerprint density at radius 2 is 2.15 bits per heavy atom. The van der Waals surface area contributed by atoms with Crippen molar-refractivity contribution < 1.29 is 0 Å². The summed E-state index contributed by atoms with van der Waals surface area (Å²) in [6.45, 7) is 1.67. The van der Waals surface area contributed by atoms with Crippen LogP contribution < -0.4 is 11.1 Å². The summed E-state index contributed by atoms with van der Waals surface area (Å²) >= 11 is 0. The van der Waals surface area contributed by atoms with Crippen molar-refractivity contribution in [2.75, 3.05) is 32.5 Å². The summed E-state index contributed by atoms with van der Waals surface area (Å²) in [5, 5.41) is 3.91. The number of aliphatic imine (C=N–C) groups is 1. The van der Waals surface area contributed by atoms with E-state index in [9.17, 15) is 0 Å². The van der Waals surface area contributed by atoms with Crippen molar-refractivity contribution in [1.82, 2.24) is 14.9 Å². The molecule has 2 rings (SSSR count). The first-order chi connectivity index (χ1) is 9.65. The third-order valence-electron chi connectivity index (χ3n) is 2.77. The summed E-state index contributed by atoms with van der Waals surface area (Å²) in [4.78, 5) is 15.0. The molecular formula is C14H20N6. The number of para-hydroxylation sites is 1. The normalized spacial score (nSPS) is 12.1. The largest absolute Gasteiger partial charge is 0.370 e. The van der Waals surface area contributed by atoms with Crippen LogP contribution in [0, 0.1) is 0 Å². The van der Waals surface area contributed by atoms with Crippen LogP contribution in [0.1, 0.15) is 6.42 Å². The van der Waals surface area contributed by atoms with Gasteiger partial charge in [0, 0.05) is 18.1 Å². The van der Waals surface area contributed by atoms with E-state index < -0.39 is 0 Å². The van der Waals surface area contributed by atoms with E-state index in [4.69, 9.17) is 5.73 Å². The standard InChI is InChI=1S/C14H20N6/c1-20(2)9-5-8-16-13(15)19-14-17-10-11-6-3-4-7-12(11)18-14/h3-4,6-7,10H,5,8-9H2,1-2H3,(H3,15,16,17,18,19). The molecule has 106 valence electrons. The summed E-state index contributed by atoms with van der Waals surface area (Å²) in [7, 11) is 4.07. The highest BCUT2D eigenvalue weighted by Gasteiger charge is 2.00. The summed E-state index contributed by atoms with van der Waals surface area (Å²) in [6, 6.07) is 7.81. The Morgan fingerprint density at radius 1 is 1.35 bits per heavy atom. The maximum atomic E-state index is 5.81. The zero-order valence-corrected chi connectivity index (χ0v) is 11.9. The topological polar surface area (TPSA) is 79.4 Å². The van der Waals surface area contributed by atoms with Crippen LogP contribution in [0.4, 0.5) is 5.95 Å². The number of aromatic nitrogens is 2. The third kappa shape index (κ3) is 4.17. The molecule has 0 radical (unpaired) electrons. The fraction of sp³-hybridized carbons (Fsp3) is 0.357. The van der Waals surface area contributed by atoms with E-state index >= 15 is 0 Å². The predicted molar refractivity (Wildman–Crippen MR) is 82.8 cm³/mol. The zero-order valence-electron chi connectivity index (χ0n) is 11.9. The molecule has 0 aliphatic rings. The molecule has 20 heavy (non-hydrogen) atoms. The quantitative estimate of drug-likeness (QED) is 0.487. The lowest BCUT2D eigenvalue weighted by molar-refractivity contribution is 0.403. The lowest BCUT2D eigenvalue weighted by atomic mass is 10.2. The average molecular weight is 272 g/mol. The van der Waals surface area contributed by atoms with E-state index in [0.29, 0.717) is 18.5 Å². The van der Waals surface area contributed by atoms with E-state index in [0.717, 1.165) is 23.9 Å². The Kier molecular flexibility index (Phi) is 4.84. The molecule has 3 N–H and O–H groups in total. The fourth-order valence-electron chi connectivity index (χ4n) is 1.77. The number of fused-ring (bicyclic) bond motifs is 1. The van der Waals surface area contributed by atoms with E-state index in [-0.39, 0.29) is 0 Å². The molecule has 0 saturated carbocycles. The molecule has 0 aliphatic heterocycles. The maximum absolute atomic E-state index is 5.81. The highest BCUT2D eigenvalue weighted by molar-refractivity contribution is 5.91. The first-order valence-corrected chi connectivity index (χ1v) is 6.58. The van der Waals surface area contributed by atoms with E-state index in [2.05, 4.69) is 25.2 Å². The van der Waals surface area contributed by atoms with Gasteiger partial charge in [0.25, 0.3) is 0 Å². The van der Waals surface area contributed by atoms with Gasteiger partial charge in [-0.05, 0) is 33.1 Å². The van der Waals surface area contributed by atoms with Gasteiger partial charge in [-0.3, -0.25) is 10.3 Å². The van der Waals surface area contributed by atoms with Crippen molar-refractivity contribution in [3.8, 4) is 0 Å². The number of anilines is 1. The van der Waals surface area contributed by atoms with Crippen LogP contribution in [0.15, 0.2) is 35.5 Å². The highest BCUT2D eigenvalue weighted by Crippen LogP contribution is 2.11. The summed E-state index contributed by atoms with van der Waals surface area (Å²) in [5.74, 6) is 0.816. The minimum absolute atomic E-state index is 0.346. The number of benzene rings is 1.